The van der Waals surface area contributed by atoms with Crippen molar-refractivity contribution in [2.24, 2.45) is 11.8 Å². The molecular formula is C20H29N3O3S2. The van der Waals surface area contributed by atoms with Crippen molar-refractivity contribution in [2.45, 2.75) is 51.7 Å². The topological polar surface area (TPSA) is 73.2 Å². The largest absolute Gasteiger partial charge is 0.383 e. The highest BCUT2D eigenvalue weighted by Gasteiger charge is 2.25. The number of aromatic nitrogens is 2. The predicted molar refractivity (Wildman–Crippen MR) is 116 cm³/mol. The molecule has 0 aliphatic heterocycles. The number of aryl methyl sites for hydroxylation is 1. The van der Waals surface area contributed by atoms with Crippen LogP contribution in [-0.2, 0) is 28.9 Å². The van der Waals surface area contributed by atoms with Crippen molar-refractivity contribution in [3.05, 3.63) is 20.8 Å². The Labute approximate surface area is 174 Å². The van der Waals surface area contributed by atoms with Crippen LogP contribution < -0.4 is 10.9 Å². The third-order valence-electron chi connectivity index (χ3n) is 4.89. The fourth-order valence-electron chi connectivity index (χ4n) is 3.51. The molecule has 1 aliphatic rings. The molecule has 154 valence electrons. The van der Waals surface area contributed by atoms with Gasteiger partial charge in [0.25, 0.3) is 5.56 Å². The molecule has 2 heterocycles. The number of nitrogens with one attached hydrogen (secondary N) is 1. The number of thioether (sulfide) groups is 1. The van der Waals surface area contributed by atoms with Crippen molar-refractivity contribution in [1.29, 1.82) is 0 Å². The van der Waals surface area contributed by atoms with Crippen molar-refractivity contribution in [3.8, 4) is 0 Å². The Morgan fingerprint density at radius 1 is 1.46 bits per heavy atom. The molecule has 3 rings (SSSR count). The Kier molecular flexibility index (Phi) is 7.17. The summed E-state index contributed by atoms with van der Waals surface area (Å²) in [5, 5.41) is 4.26. The molecule has 2 aromatic heterocycles. The number of carbonyl (C=O) groups is 1. The van der Waals surface area contributed by atoms with Crippen LogP contribution in [-0.4, -0.2) is 41.5 Å². The third-order valence-corrected chi connectivity index (χ3v) is 7.01. The average Bonchev–Trinajstić information content (AvgIpc) is 3.00. The van der Waals surface area contributed by atoms with Gasteiger partial charge in [-0.2, -0.15) is 0 Å². The molecule has 1 atom stereocenters. The average molecular weight is 424 g/mol. The lowest BCUT2D eigenvalue weighted by Gasteiger charge is -2.18. The lowest BCUT2D eigenvalue weighted by atomic mass is 9.89. The number of hydrogen-bond donors (Lipinski definition) is 1. The summed E-state index contributed by atoms with van der Waals surface area (Å²) >= 11 is 2.99. The number of thiophene rings is 1. The zero-order valence-electron chi connectivity index (χ0n) is 17.0. The first-order valence-electron chi connectivity index (χ1n) is 9.84. The van der Waals surface area contributed by atoms with E-state index >= 15 is 0 Å². The monoisotopic (exact) mass is 423 g/mol. The summed E-state index contributed by atoms with van der Waals surface area (Å²) in [7, 11) is 1.60. The minimum absolute atomic E-state index is 0.0491. The van der Waals surface area contributed by atoms with Crippen molar-refractivity contribution in [1.82, 2.24) is 14.9 Å². The van der Waals surface area contributed by atoms with E-state index in [9.17, 15) is 9.59 Å². The molecule has 28 heavy (non-hydrogen) atoms. The molecule has 0 aromatic carbocycles. The first-order chi connectivity index (χ1) is 13.4. The molecule has 0 fully saturated rings. The molecule has 1 aliphatic carbocycles. The Balaban J connectivity index is 1.92. The second-order valence-electron chi connectivity index (χ2n) is 7.87. The summed E-state index contributed by atoms with van der Waals surface area (Å²) in [6.07, 6.45) is 3.12. The van der Waals surface area contributed by atoms with Gasteiger partial charge in [0.1, 0.15) is 4.83 Å². The number of ether oxygens (including phenoxy) is 1. The Morgan fingerprint density at radius 3 is 2.96 bits per heavy atom. The van der Waals surface area contributed by atoms with E-state index in [0.29, 0.717) is 36.7 Å². The van der Waals surface area contributed by atoms with Gasteiger partial charge in [-0.1, -0.05) is 32.5 Å². The van der Waals surface area contributed by atoms with E-state index in [0.717, 1.165) is 29.5 Å². The van der Waals surface area contributed by atoms with Crippen molar-refractivity contribution >= 4 is 39.2 Å². The lowest BCUT2D eigenvalue weighted by Crippen LogP contribution is -2.30. The van der Waals surface area contributed by atoms with Gasteiger partial charge in [-0.15, -0.1) is 11.3 Å². The van der Waals surface area contributed by atoms with E-state index in [2.05, 4.69) is 26.1 Å². The van der Waals surface area contributed by atoms with Gasteiger partial charge < -0.3 is 10.1 Å². The number of carbonyl (C=O) groups excluding carboxylic acids is 1. The minimum atomic E-state index is -0.0770. The molecule has 6 nitrogen and oxygen atoms in total. The molecule has 1 N–H and O–H groups in total. The van der Waals surface area contributed by atoms with Crippen LogP contribution in [0.2, 0.25) is 0 Å². The number of nitrogens with zero attached hydrogens (tertiary/aromatic N) is 2. The quantitative estimate of drug-likeness (QED) is 0.401. The van der Waals surface area contributed by atoms with Gasteiger partial charge in [-0.3, -0.25) is 14.2 Å². The number of amides is 1. The highest BCUT2D eigenvalue weighted by molar-refractivity contribution is 7.99. The standard InChI is InChI=1S/C20H29N3O3S2/c1-12(2)10-23-19(25)17-14-6-5-13(3)9-15(14)28-18(17)22-20(23)27-11-16(24)21-7-8-26-4/h12-13H,5-11H2,1-4H3,(H,21,24)/t13-/m0/s1. The first-order valence-corrected chi connectivity index (χ1v) is 11.6. The van der Waals surface area contributed by atoms with E-state index in [1.54, 1.807) is 23.0 Å². The van der Waals surface area contributed by atoms with Crippen LogP contribution >= 0.6 is 23.1 Å². The van der Waals surface area contributed by atoms with Gasteiger partial charge in [-0.05, 0) is 36.7 Å². The van der Waals surface area contributed by atoms with E-state index in [1.807, 2.05) is 0 Å². The van der Waals surface area contributed by atoms with Crippen molar-refractivity contribution in [3.63, 3.8) is 0 Å². The third kappa shape index (κ3) is 4.78. The van der Waals surface area contributed by atoms with Crippen LogP contribution in [0.1, 0.15) is 37.6 Å². The van der Waals surface area contributed by atoms with Crippen LogP contribution in [0, 0.1) is 11.8 Å². The van der Waals surface area contributed by atoms with Crippen molar-refractivity contribution < 1.29 is 9.53 Å². The van der Waals surface area contributed by atoms with E-state index in [-0.39, 0.29) is 17.2 Å². The second-order valence-corrected chi connectivity index (χ2v) is 9.89. The number of hydrogen-bond acceptors (Lipinski definition) is 6. The van der Waals surface area contributed by atoms with Crippen LogP contribution in [0.4, 0.5) is 0 Å². The molecule has 2 aromatic rings. The summed E-state index contributed by atoms with van der Waals surface area (Å²) in [5.74, 6) is 1.14. The minimum Gasteiger partial charge on any atom is -0.383 e. The Morgan fingerprint density at radius 2 is 2.25 bits per heavy atom. The number of rotatable bonds is 8. The maximum atomic E-state index is 13.4. The predicted octanol–water partition coefficient (Wildman–Crippen LogP) is 3.09. The van der Waals surface area contributed by atoms with Gasteiger partial charge in [0, 0.05) is 25.1 Å². The van der Waals surface area contributed by atoms with Crippen molar-refractivity contribution in [2.75, 3.05) is 26.0 Å². The van der Waals surface area contributed by atoms with Gasteiger partial charge >= 0.3 is 0 Å². The highest BCUT2D eigenvalue weighted by atomic mass is 32.2. The van der Waals surface area contributed by atoms with Gasteiger partial charge in [0.15, 0.2) is 5.16 Å². The first kappa shape index (κ1) is 21.3. The van der Waals surface area contributed by atoms with Crippen LogP contribution in [0.3, 0.4) is 0 Å². The highest BCUT2D eigenvalue weighted by Crippen LogP contribution is 2.36. The normalized spacial score (nSPS) is 16.5. The Bertz CT molecular complexity index is 904. The fraction of sp³-hybridized carbons (Fsp3) is 0.650. The molecule has 0 radical (unpaired) electrons. The van der Waals surface area contributed by atoms with Crippen LogP contribution in [0.5, 0.6) is 0 Å². The van der Waals surface area contributed by atoms with Gasteiger partial charge in [0.05, 0.1) is 17.7 Å². The summed E-state index contributed by atoms with van der Waals surface area (Å²) < 4.78 is 6.72. The molecule has 0 bridgehead atoms. The molecule has 0 saturated heterocycles. The lowest BCUT2D eigenvalue weighted by molar-refractivity contribution is -0.118. The molecule has 0 spiro atoms. The molecular weight excluding hydrogens is 394 g/mol. The molecule has 0 saturated carbocycles. The summed E-state index contributed by atoms with van der Waals surface area (Å²) in [6.45, 7) is 8.02. The summed E-state index contributed by atoms with van der Waals surface area (Å²) in [4.78, 5) is 32.4. The fourth-order valence-corrected chi connectivity index (χ4v) is 5.78. The van der Waals surface area contributed by atoms with E-state index in [4.69, 9.17) is 9.72 Å². The SMILES string of the molecule is COCCNC(=O)CSc1nc2sc3c(c2c(=O)n1CC(C)C)CC[C@H](C)C3. The molecule has 1 amide bonds. The van der Waals surface area contributed by atoms with Gasteiger partial charge in [0.2, 0.25) is 5.91 Å². The van der Waals surface area contributed by atoms with Crippen LogP contribution in [0.25, 0.3) is 10.2 Å². The van der Waals surface area contributed by atoms with E-state index < -0.39 is 0 Å². The number of fused-ring (bicyclic) bond motifs is 3. The summed E-state index contributed by atoms with van der Waals surface area (Å²) in [5.41, 5.74) is 1.26. The summed E-state index contributed by atoms with van der Waals surface area (Å²) in [6, 6.07) is 0. The zero-order chi connectivity index (χ0) is 20.3. The van der Waals surface area contributed by atoms with Crippen LogP contribution in [0.15, 0.2) is 9.95 Å². The molecule has 8 heteroatoms. The maximum absolute atomic E-state index is 13.4. The van der Waals surface area contributed by atoms with E-state index in [1.165, 1.54) is 22.2 Å². The zero-order valence-corrected chi connectivity index (χ0v) is 18.7. The number of methoxy groups -OCH3 is 1. The molecule has 0 unspecified atom stereocenters. The second kappa shape index (κ2) is 9.41. The van der Waals surface area contributed by atoms with Gasteiger partial charge in [-0.25, -0.2) is 4.98 Å². The smallest absolute Gasteiger partial charge is 0.263 e. The maximum Gasteiger partial charge on any atom is 0.263 e. The Hall–Kier alpha value is -1.38.